The molecule has 0 N–H and O–H groups in total. The first-order valence-electron chi connectivity index (χ1n) is 9.60. The van der Waals surface area contributed by atoms with E-state index in [1.807, 2.05) is 45.0 Å². The van der Waals surface area contributed by atoms with Gasteiger partial charge in [-0.2, -0.15) is 8.42 Å². The Hall–Kier alpha value is -2.13. The summed E-state index contributed by atoms with van der Waals surface area (Å²) in [5.74, 6) is 0.519. The Kier molecular flexibility index (Phi) is 7.26. The van der Waals surface area contributed by atoms with Crippen LogP contribution in [0, 0.1) is 0 Å². The Balaban J connectivity index is 2.16. The summed E-state index contributed by atoms with van der Waals surface area (Å²) in [4.78, 5) is 10.7. The quantitative estimate of drug-likeness (QED) is 0.437. The van der Waals surface area contributed by atoms with Crippen LogP contribution in [-0.4, -0.2) is 41.9 Å². The van der Waals surface area contributed by atoms with Crippen molar-refractivity contribution >= 4 is 33.3 Å². The Morgan fingerprint density at radius 1 is 1.10 bits per heavy atom. The molecule has 3 rings (SSSR count). The summed E-state index contributed by atoms with van der Waals surface area (Å²) in [6, 6.07) is 7.99. The van der Waals surface area contributed by atoms with Crippen LogP contribution < -0.4 is 4.18 Å². The number of halogens is 2. The number of aromatic nitrogens is 3. The van der Waals surface area contributed by atoms with E-state index in [4.69, 9.17) is 27.4 Å². The van der Waals surface area contributed by atoms with Gasteiger partial charge in [0.05, 0.1) is 18.8 Å². The number of hydrogen-bond acceptors (Lipinski definition) is 6. The maximum absolute atomic E-state index is 13.5. The highest BCUT2D eigenvalue weighted by atomic mass is 35.5. The second-order valence-electron chi connectivity index (χ2n) is 7.70. The number of benzene rings is 1. The van der Waals surface area contributed by atoms with E-state index in [2.05, 4.69) is 9.97 Å². The zero-order valence-electron chi connectivity index (χ0n) is 17.7. The van der Waals surface area contributed by atoms with Crippen LogP contribution in [0.3, 0.4) is 0 Å². The topological polar surface area (TPSA) is 77.3 Å². The van der Waals surface area contributed by atoms with Crippen LogP contribution in [0.2, 0.25) is 10.0 Å². The van der Waals surface area contributed by atoms with Gasteiger partial charge in [-0.15, -0.1) is 0 Å². The average molecular weight is 483 g/mol. The van der Waals surface area contributed by atoms with Gasteiger partial charge in [0.1, 0.15) is 11.6 Å². The molecule has 0 spiro atoms. The fourth-order valence-electron chi connectivity index (χ4n) is 3.12. The molecule has 1 aromatic carbocycles. The third kappa shape index (κ3) is 5.77. The van der Waals surface area contributed by atoms with E-state index in [0.717, 1.165) is 5.56 Å². The van der Waals surface area contributed by atoms with Crippen LogP contribution in [0.15, 0.2) is 47.8 Å². The predicted molar refractivity (Wildman–Crippen MR) is 121 cm³/mol. The minimum Gasteiger partial charge on any atom is -0.378 e. The molecule has 31 heavy (non-hydrogen) atoms. The van der Waals surface area contributed by atoms with Gasteiger partial charge in [0.15, 0.2) is 5.03 Å². The maximum Gasteiger partial charge on any atom is 0.357 e. The Labute approximate surface area is 192 Å². The summed E-state index contributed by atoms with van der Waals surface area (Å²) >= 11 is 12.0. The zero-order chi connectivity index (χ0) is 22.8. The first kappa shape index (κ1) is 23.5. The second-order valence-corrected chi connectivity index (χ2v) is 10.0. The van der Waals surface area contributed by atoms with Gasteiger partial charge < -0.3 is 13.7 Å². The standard InChI is InChI=1S/C21H24Cl2N4O3S/c1-14(2)20-21(31(28,29)30-18-10-16(22)9-17(23)11-18)27(19(25-20)13-26(3)4)12-15-5-7-24-8-6-15/h5-11,14H,12-13H2,1-4H3. The average Bonchev–Trinajstić information content (AvgIpc) is 3.00. The number of imidazole rings is 1. The van der Waals surface area contributed by atoms with Crippen molar-refractivity contribution in [1.29, 1.82) is 0 Å². The predicted octanol–water partition coefficient (Wildman–Crippen LogP) is 4.59. The van der Waals surface area contributed by atoms with Gasteiger partial charge >= 0.3 is 10.1 Å². The van der Waals surface area contributed by atoms with Crippen molar-refractivity contribution in [3.8, 4) is 5.75 Å². The first-order chi connectivity index (χ1) is 14.6. The molecule has 3 aromatic rings. The molecule has 0 amide bonds. The van der Waals surface area contributed by atoms with Crippen molar-refractivity contribution in [3.63, 3.8) is 0 Å². The highest BCUT2D eigenvalue weighted by molar-refractivity contribution is 7.87. The van der Waals surface area contributed by atoms with Gasteiger partial charge in [-0.1, -0.05) is 37.0 Å². The SMILES string of the molecule is CC(C)c1nc(CN(C)C)n(Cc2ccncc2)c1S(=O)(=O)Oc1cc(Cl)cc(Cl)c1. The summed E-state index contributed by atoms with van der Waals surface area (Å²) in [7, 11) is -0.435. The molecule has 0 aliphatic heterocycles. The van der Waals surface area contributed by atoms with E-state index in [-0.39, 0.29) is 26.7 Å². The second kappa shape index (κ2) is 9.56. The molecular weight excluding hydrogens is 459 g/mol. The molecule has 0 bridgehead atoms. The molecule has 7 nitrogen and oxygen atoms in total. The summed E-state index contributed by atoms with van der Waals surface area (Å²) < 4.78 is 34.1. The molecule has 0 unspecified atom stereocenters. The Morgan fingerprint density at radius 3 is 2.26 bits per heavy atom. The summed E-state index contributed by atoms with van der Waals surface area (Å²) in [6.45, 7) is 4.56. The molecule has 2 heterocycles. The fourth-order valence-corrected chi connectivity index (χ4v) is 5.03. The van der Waals surface area contributed by atoms with Gasteiger partial charge in [-0.25, -0.2) is 4.98 Å². The van der Waals surface area contributed by atoms with Crippen LogP contribution in [0.25, 0.3) is 0 Å². The van der Waals surface area contributed by atoms with Gasteiger partial charge in [0, 0.05) is 34.6 Å². The van der Waals surface area contributed by atoms with Gasteiger partial charge in [-0.05, 0) is 43.8 Å². The van der Waals surface area contributed by atoms with E-state index in [9.17, 15) is 8.42 Å². The molecule has 0 aliphatic rings. The molecule has 0 fully saturated rings. The molecule has 166 valence electrons. The summed E-state index contributed by atoms with van der Waals surface area (Å²) in [5.41, 5.74) is 1.34. The monoisotopic (exact) mass is 482 g/mol. The number of pyridine rings is 1. The molecular formula is C21H24Cl2N4O3S. The molecule has 2 aromatic heterocycles. The molecule has 0 saturated carbocycles. The van der Waals surface area contributed by atoms with Crippen LogP contribution in [0.1, 0.15) is 36.8 Å². The minimum atomic E-state index is -4.24. The lowest BCUT2D eigenvalue weighted by Crippen LogP contribution is -2.21. The fraction of sp³-hybridized carbons (Fsp3) is 0.333. The number of hydrogen-bond donors (Lipinski definition) is 0. The van der Waals surface area contributed by atoms with Gasteiger partial charge in [0.2, 0.25) is 0 Å². The van der Waals surface area contributed by atoms with Crippen molar-refractivity contribution in [2.24, 2.45) is 0 Å². The molecule has 0 aliphatic carbocycles. The van der Waals surface area contributed by atoms with Gasteiger partial charge in [0.25, 0.3) is 0 Å². The van der Waals surface area contributed by atoms with Gasteiger partial charge in [-0.3, -0.25) is 4.98 Å². The largest absolute Gasteiger partial charge is 0.378 e. The van der Waals surface area contributed by atoms with E-state index < -0.39 is 10.1 Å². The smallest absolute Gasteiger partial charge is 0.357 e. The molecule has 0 radical (unpaired) electrons. The van der Waals surface area contributed by atoms with Crippen LogP contribution >= 0.6 is 23.2 Å². The Bertz CT molecular complexity index is 1140. The number of rotatable bonds is 8. The molecule has 0 saturated heterocycles. The summed E-state index contributed by atoms with van der Waals surface area (Å²) in [5, 5.41) is 0.577. The van der Waals surface area contributed by atoms with Crippen LogP contribution in [0.5, 0.6) is 5.75 Å². The van der Waals surface area contributed by atoms with E-state index in [0.29, 0.717) is 24.6 Å². The van der Waals surface area contributed by atoms with Crippen molar-refractivity contribution < 1.29 is 12.6 Å². The Morgan fingerprint density at radius 2 is 1.71 bits per heavy atom. The van der Waals surface area contributed by atoms with Crippen molar-refractivity contribution in [2.45, 2.75) is 37.9 Å². The lowest BCUT2D eigenvalue weighted by atomic mass is 10.1. The maximum atomic E-state index is 13.5. The molecule has 10 heteroatoms. The normalized spacial score (nSPS) is 12.0. The first-order valence-corrected chi connectivity index (χ1v) is 11.8. The van der Waals surface area contributed by atoms with Crippen molar-refractivity contribution in [1.82, 2.24) is 19.4 Å². The lowest BCUT2D eigenvalue weighted by Gasteiger charge is -2.16. The zero-order valence-corrected chi connectivity index (χ0v) is 20.0. The minimum absolute atomic E-state index is 0.0206. The van der Waals surface area contributed by atoms with Crippen molar-refractivity contribution in [3.05, 3.63) is 69.9 Å². The highest BCUT2D eigenvalue weighted by Gasteiger charge is 2.31. The highest BCUT2D eigenvalue weighted by Crippen LogP contribution is 2.31. The van der Waals surface area contributed by atoms with Crippen LogP contribution in [-0.2, 0) is 23.2 Å². The van der Waals surface area contributed by atoms with E-state index in [1.54, 1.807) is 17.0 Å². The molecule has 0 atom stereocenters. The van der Waals surface area contributed by atoms with Crippen molar-refractivity contribution in [2.75, 3.05) is 14.1 Å². The van der Waals surface area contributed by atoms with E-state index in [1.165, 1.54) is 18.2 Å². The van der Waals surface area contributed by atoms with E-state index >= 15 is 0 Å². The number of nitrogens with zero attached hydrogens (tertiary/aromatic N) is 4. The summed E-state index contributed by atoms with van der Waals surface area (Å²) in [6.07, 6.45) is 3.33. The third-order valence-corrected chi connectivity index (χ3v) is 6.15. The van der Waals surface area contributed by atoms with Crippen LogP contribution in [0.4, 0.5) is 0 Å². The lowest BCUT2D eigenvalue weighted by molar-refractivity contribution is 0.378. The third-order valence-electron chi connectivity index (χ3n) is 4.40.